The van der Waals surface area contributed by atoms with Crippen LogP contribution in [0.3, 0.4) is 0 Å². The minimum atomic E-state index is 0.128. The molecule has 8 aromatic carbocycles. The summed E-state index contributed by atoms with van der Waals surface area (Å²) in [5, 5.41) is 6.89. The van der Waals surface area contributed by atoms with E-state index in [4.69, 9.17) is 15.0 Å². The Morgan fingerprint density at radius 2 is 0.875 bits per heavy atom. The van der Waals surface area contributed by atoms with Crippen molar-refractivity contribution in [2.24, 2.45) is 0 Å². The number of fused-ring (bicyclic) bond motifs is 4. The third-order valence-corrected chi connectivity index (χ3v) is 12.2. The van der Waals surface area contributed by atoms with Gasteiger partial charge in [-0.25, -0.2) is 15.0 Å². The molecule has 1 aliphatic carbocycles. The monoisotopic (exact) mass is 721 g/mol. The summed E-state index contributed by atoms with van der Waals surface area (Å²) in [6.07, 6.45) is 2.38. The van der Waals surface area contributed by atoms with Gasteiger partial charge in [-0.2, -0.15) is 0 Å². The lowest BCUT2D eigenvalue weighted by atomic mass is 9.63. The zero-order chi connectivity index (χ0) is 38.0. The molecule has 0 amide bonds. The van der Waals surface area contributed by atoms with Gasteiger partial charge in [0.25, 0.3) is 0 Å². The quantitative estimate of drug-likeness (QED) is 0.178. The molecular formula is C53H43N3. The summed E-state index contributed by atoms with van der Waals surface area (Å²) in [7, 11) is 0. The molecule has 0 radical (unpaired) electrons. The van der Waals surface area contributed by atoms with Crippen LogP contribution >= 0.6 is 0 Å². The van der Waals surface area contributed by atoms with Gasteiger partial charge in [0.05, 0.1) is 0 Å². The second-order valence-corrected chi connectivity index (χ2v) is 16.7. The highest BCUT2D eigenvalue weighted by Gasteiger charge is 2.37. The molecule has 1 aromatic heterocycles. The molecule has 0 aliphatic heterocycles. The van der Waals surface area contributed by atoms with Crippen LogP contribution in [0.5, 0.6) is 0 Å². The van der Waals surface area contributed by atoms with Crippen molar-refractivity contribution in [3.05, 3.63) is 175 Å². The van der Waals surface area contributed by atoms with Crippen molar-refractivity contribution in [1.82, 2.24) is 15.0 Å². The van der Waals surface area contributed by atoms with Crippen LogP contribution in [0.15, 0.2) is 164 Å². The van der Waals surface area contributed by atoms with Gasteiger partial charge in [-0.15, -0.1) is 0 Å². The molecule has 0 spiro atoms. The summed E-state index contributed by atoms with van der Waals surface area (Å²) < 4.78 is 0. The van der Waals surface area contributed by atoms with Gasteiger partial charge >= 0.3 is 0 Å². The van der Waals surface area contributed by atoms with Crippen molar-refractivity contribution in [3.8, 4) is 56.4 Å². The molecular weight excluding hydrogens is 679 g/mol. The molecule has 1 aliphatic rings. The molecule has 270 valence electrons. The number of aromatic nitrogens is 3. The number of benzene rings is 8. The molecule has 0 saturated heterocycles. The summed E-state index contributed by atoms with van der Waals surface area (Å²) >= 11 is 0. The number of rotatable bonds is 5. The van der Waals surface area contributed by atoms with Crippen molar-refractivity contribution in [3.63, 3.8) is 0 Å². The number of nitrogens with zero attached hydrogens (tertiary/aromatic N) is 3. The van der Waals surface area contributed by atoms with E-state index in [0.29, 0.717) is 17.5 Å². The van der Waals surface area contributed by atoms with Crippen LogP contribution in [0.4, 0.5) is 0 Å². The first-order chi connectivity index (χ1) is 27.2. The second-order valence-electron chi connectivity index (χ2n) is 16.7. The largest absolute Gasteiger partial charge is 0.208 e. The van der Waals surface area contributed by atoms with Gasteiger partial charge in [0.15, 0.2) is 17.5 Å². The lowest BCUT2D eigenvalue weighted by Gasteiger charge is -2.42. The van der Waals surface area contributed by atoms with Crippen LogP contribution in [-0.2, 0) is 10.8 Å². The average Bonchev–Trinajstić information content (AvgIpc) is 3.24. The Balaban J connectivity index is 1.15. The van der Waals surface area contributed by atoms with Gasteiger partial charge in [0.1, 0.15) is 0 Å². The van der Waals surface area contributed by atoms with E-state index in [0.717, 1.165) is 38.2 Å². The predicted octanol–water partition coefficient (Wildman–Crippen LogP) is 14.0. The first kappa shape index (κ1) is 34.1. The summed E-state index contributed by atoms with van der Waals surface area (Å²) in [5.74, 6) is 1.97. The van der Waals surface area contributed by atoms with Crippen molar-refractivity contribution in [2.45, 2.75) is 51.4 Å². The molecule has 10 rings (SSSR count). The van der Waals surface area contributed by atoms with Crippen LogP contribution in [0.1, 0.15) is 51.7 Å². The standard InChI is InChI=1S/C53H43N3/c1-52(2)29-30-53(3,4)48-33-39(25-28-47(48)52)42-26-27-46(44-19-11-10-18-43(42)44)51-55-49(54-50(56-51)45-20-12-16-35-15-8-9-17-41(35)45)40-24-23-37-31-36(21-22-38(37)32-40)34-13-6-5-7-14-34/h5-28,31-33H,29-30H2,1-4H3. The number of hydrogen-bond acceptors (Lipinski definition) is 3. The van der Waals surface area contributed by atoms with Crippen molar-refractivity contribution in [1.29, 1.82) is 0 Å². The van der Waals surface area contributed by atoms with E-state index in [1.807, 2.05) is 0 Å². The minimum absolute atomic E-state index is 0.128. The molecule has 9 aromatic rings. The highest BCUT2D eigenvalue weighted by molar-refractivity contribution is 6.04. The van der Waals surface area contributed by atoms with E-state index in [9.17, 15) is 0 Å². The summed E-state index contributed by atoms with van der Waals surface area (Å²) in [5.41, 5.74) is 11.0. The summed E-state index contributed by atoms with van der Waals surface area (Å²) in [4.78, 5) is 15.8. The molecule has 0 fully saturated rings. The Labute approximate surface area is 328 Å². The third kappa shape index (κ3) is 5.86. The summed E-state index contributed by atoms with van der Waals surface area (Å²) in [6, 6.07) is 58.9. The maximum Gasteiger partial charge on any atom is 0.164 e. The fraction of sp³-hybridized carbons (Fsp3) is 0.151. The lowest BCUT2D eigenvalue weighted by Crippen LogP contribution is -2.33. The topological polar surface area (TPSA) is 38.7 Å². The lowest BCUT2D eigenvalue weighted by molar-refractivity contribution is 0.332. The molecule has 0 bridgehead atoms. The SMILES string of the molecule is CC1(C)CCC(C)(C)c2cc(-c3ccc(-c4nc(-c5ccc6cc(-c7ccccc7)ccc6c5)nc(-c5cccc6ccccc56)n4)c4ccccc34)ccc21. The average molecular weight is 722 g/mol. The maximum atomic E-state index is 5.28. The first-order valence-corrected chi connectivity index (χ1v) is 19.7. The molecule has 1 heterocycles. The maximum absolute atomic E-state index is 5.28. The van der Waals surface area contributed by atoms with Crippen LogP contribution in [0.2, 0.25) is 0 Å². The zero-order valence-electron chi connectivity index (χ0n) is 32.3. The smallest absolute Gasteiger partial charge is 0.164 e. The van der Waals surface area contributed by atoms with Crippen LogP contribution < -0.4 is 0 Å². The van der Waals surface area contributed by atoms with Crippen molar-refractivity contribution >= 4 is 32.3 Å². The molecule has 0 saturated carbocycles. The van der Waals surface area contributed by atoms with E-state index in [-0.39, 0.29) is 10.8 Å². The minimum Gasteiger partial charge on any atom is -0.208 e. The molecule has 0 N–H and O–H groups in total. The molecule has 0 atom stereocenters. The summed E-state index contributed by atoms with van der Waals surface area (Å²) in [6.45, 7) is 9.57. The van der Waals surface area contributed by atoms with Gasteiger partial charge in [0, 0.05) is 16.7 Å². The van der Waals surface area contributed by atoms with E-state index in [1.54, 1.807) is 0 Å². The van der Waals surface area contributed by atoms with E-state index < -0.39 is 0 Å². The van der Waals surface area contributed by atoms with Gasteiger partial charge in [-0.3, -0.25) is 0 Å². The van der Waals surface area contributed by atoms with Gasteiger partial charge in [0.2, 0.25) is 0 Å². The van der Waals surface area contributed by atoms with Crippen molar-refractivity contribution < 1.29 is 0 Å². The van der Waals surface area contributed by atoms with Crippen LogP contribution in [-0.4, -0.2) is 15.0 Å². The Kier molecular flexibility index (Phi) is 7.97. The zero-order valence-corrected chi connectivity index (χ0v) is 32.3. The number of hydrogen-bond donors (Lipinski definition) is 0. The van der Waals surface area contributed by atoms with E-state index >= 15 is 0 Å². The fourth-order valence-corrected chi connectivity index (χ4v) is 8.86. The molecule has 56 heavy (non-hydrogen) atoms. The van der Waals surface area contributed by atoms with Gasteiger partial charge in [-0.05, 0) is 108 Å². The van der Waals surface area contributed by atoms with Crippen molar-refractivity contribution in [2.75, 3.05) is 0 Å². The predicted molar refractivity (Wildman–Crippen MR) is 235 cm³/mol. The highest BCUT2D eigenvalue weighted by atomic mass is 15.0. The van der Waals surface area contributed by atoms with Crippen LogP contribution in [0.25, 0.3) is 88.7 Å². The Hall–Kier alpha value is -6.45. The Morgan fingerprint density at radius 1 is 0.339 bits per heavy atom. The molecule has 0 unspecified atom stereocenters. The Bertz CT molecular complexity index is 2970. The Morgan fingerprint density at radius 3 is 1.62 bits per heavy atom. The van der Waals surface area contributed by atoms with Gasteiger partial charge in [-0.1, -0.05) is 173 Å². The van der Waals surface area contributed by atoms with E-state index in [2.05, 4.69) is 191 Å². The highest BCUT2D eigenvalue weighted by Crippen LogP contribution is 2.47. The normalized spacial score (nSPS) is 14.6. The molecule has 3 heteroatoms. The molecule has 3 nitrogen and oxygen atoms in total. The fourth-order valence-electron chi connectivity index (χ4n) is 8.86. The van der Waals surface area contributed by atoms with Gasteiger partial charge < -0.3 is 0 Å². The van der Waals surface area contributed by atoms with E-state index in [1.165, 1.54) is 57.0 Å². The second kappa shape index (κ2) is 13.1. The van der Waals surface area contributed by atoms with Crippen LogP contribution in [0, 0.1) is 0 Å². The first-order valence-electron chi connectivity index (χ1n) is 19.7. The third-order valence-electron chi connectivity index (χ3n) is 12.2.